The van der Waals surface area contributed by atoms with Gasteiger partial charge in [-0.25, -0.2) is 4.79 Å². The van der Waals surface area contributed by atoms with E-state index in [1.807, 2.05) is 0 Å². The summed E-state index contributed by atoms with van der Waals surface area (Å²) in [5.74, 6) is -3.26. The predicted molar refractivity (Wildman–Crippen MR) is 93.0 cm³/mol. The third-order valence-electron chi connectivity index (χ3n) is 4.41. The quantitative estimate of drug-likeness (QED) is 0.367. The minimum Gasteiger partial charge on any atom is -0.504 e. The molecule has 0 bridgehead atoms. The Labute approximate surface area is 155 Å². The van der Waals surface area contributed by atoms with Crippen LogP contribution in [0.1, 0.15) is 25.3 Å². The number of aliphatic hydroxyl groups is 4. The van der Waals surface area contributed by atoms with Crippen LogP contribution in [0.15, 0.2) is 24.3 Å². The number of benzene rings is 1. The number of ether oxygens (including phenoxy) is 2. The molecule has 1 aromatic carbocycles. The third-order valence-corrected chi connectivity index (χ3v) is 4.41. The summed E-state index contributed by atoms with van der Waals surface area (Å²) in [6, 6.07) is 4.51. The molecular weight excluding hydrogens is 360 g/mol. The number of hydrogen-bond acceptors (Lipinski definition) is 8. The molecule has 9 nitrogen and oxygen atoms in total. The number of rotatable bonds is 6. The molecule has 27 heavy (non-hydrogen) atoms. The molecule has 0 spiro atoms. The summed E-state index contributed by atoms with van der Waals surface area (Å²) < 4.78 is 10.4. The van der Waals surface area contributed by atoms with E-state index in [-0.39, 0.29) is 11.5 Å². The van der Waals surface area contributed by atoms with Crippen LogP contribution in [0.2, 0.25) is 0 Å². The Morgan fingerprint density at radius 3 is 2.41 bits per heavy atom. The molecule has 6 N–H and O–H groups in total. The van der Waals surface area contributed by atoms with E-state index in [1.54, 1.807) is 6.07 Å². The van der Waals surface area contributed by atoms with Crippen molar-refractivity contribution in [2.45, 2.75) is 49.5 Å². The highest BCUT2D eigenvalue weighted by Crippen LogP contribution is 2.33. The van der Waals surface area contributed by atoms with Gasteiger partial charge in [-0.2, -0.15) is 0 Å². The molecule has 0 aliphatic heterocycles. The molecule has 0 amide bonds. The zero-order chi connectivity index (χ0) is 20.4. The molecule has 3 atom stereocenters. The van der Waals surface area contributed by atoms with Crippen LogP contribution in [0, 0.1) is 0 Å². The Morgan fingerprint density at radius 1 is 1.30 bits per heavy atom. The number of phenols is 1. The summed E-state index contributed by atoms with van der Waals surface area (Å²) >= 11 is 0. The molecule has 0 heterocycles. The largest absolute Gasteiger partial charge is 0.504 e. The van der Waals surface area contributed by atoms with Crippen molar-refractivity contribution in [1.82, 2.24) is 0 Å². The second-order valence-corrected chi connectivity index (χ2v) is 6.78. The molecule has 0 radical (unpaired) electrons. The number of aliphatic hydroxyl groups excluding tert-OH is 2. The van der Waals surface area contributed by atoms with E-state index in [0.717, 1.165) is 0 Å². The van der Waals surface area contributed by atoms with Gasteiger partial charge in [-0.05, 0) is 30.7 Å². The van der Waals surface area contributed by atoms with E-state index < -0.39 is 48.5 Å². The van der Waals surface area contributed by atoms with E-state index in [4.69, 9.17) is 14.6 Å². The van der Waals surface area contributed by atoms with Crippen molar-refractivity contribution in [3.05, 3.63) is 29.8 Å². The number of aliphatic carboxylic acids is 1. The van der Waals surface area contributed by atoms with Gasteiger partial charge < -0.3 is 40.1 Å². The maximum absolute atomic E-state index is 11.1. The zero-order valence-electron chi connectivity index (χ0n) is 14.9. The third kappa shape index (κ3) is 4.96. The lowest BCUT2D eigenvalue weighted by molar-refractivity contribution is -0.254. The number of carboxylic acids is 1. The maximum Gasteiger partial charge on any atom is 0.335 e. The van der Waals surface area contributed by atoms with Gasteiger partial charge in [0.05, 0.1) is 19.3 Å². The molecule has 0 aromatic heterocycles. The minimum atomic E-state index is -2.26. The monoisotopic (exact) mass is 384 g/mol. The van der Waals surface area contributed by atoms with E-state index >= 15 is 0 Å². The van der Waals surface area contributed by atoms with Gasteiger partial charge in [-0.1, -0.05) is 12.1 Å². The lowest BCUT2D eigenvalue weighted by Crippen LogP contribution is -2.58. The normalized spacial score (nSPS) is 30.8. The van der Waals surface area contributed by atoms with Crippen LogP contribution in [0.4, 0.5) is 0 Å². The first kappa shape index (κ1) is 21.1. The molecule has 2 rings (SSSR count). The average Bonchev–Trinajstić information content (AvgIpc) is 2.57. The summed E-state index contributed by atoms with van der Waals surface area (Å²) in [6.45, 7) is 1.28. The second-order valence-electron chi connectivity index (χ2n) is 6.78. The lowest BCUT2D eigenvalue weighted by atomic mass is 9.79. The minimum absolute atomic E-state index is 0.0444. The molecule has 1 aromatic rings. The Kier molecular flexibility index (Phi) is 6.13. The molecular formula is C18H24O9. The molecule has 1 aliphatic rings. The molecule has 9 heteroatoms. The summed E-state index contributed by atoms with van der Waals surface area (Å²) in [7, 11) is 1.39. The highest BCUT2D eigenvalue weighted by atomic mass is 16.6. The molecule has 1 saturated carbocycles. The van der Waals surface area contributed by atoms with Crippen molar-refractivity contribution in [3.63, 3.8) is 0 Å². The fourth-order valence-electron chi connectivity index (χ4n) is 2.96. The van der Waals surface area contributed by atoms with Gasteiger partial charge in [0, 0.05) is 12.8 Å². The van der Waals surface area contributed by atoms with Crippen molar-refractivity contribution in [1.29, 1.82) is 0 Å². The van der Waals surface area contributed by atoms with Crippen LogP contribution in [0.3, 0.4) is 0 Å². The first-order chi connectivity index (χ1) is 12.5. The number of methoxy groups -OCH3 is 1. The Hall–Kier alpha value is -2.17. The van der Waals surface area contributed by atoms with Crippen LogP contribution in [-0.2, 0) is 9.53 Å². The molecule has 1 aliphatic carbocycles. The van der Waals surface area contributed by atoms with Crippen LogP contribution < -0.4 is 4.74 Å². The van der Waals surface area contributed by atoms with Crippen molar-refractivity contribution in [2.75, 3.05) is 7.11 Å². The van der Waals surface area contributed by atoms with Crippen molar-refractivity contribution < 1.29 is 44.9 Å². The highest BCUT2D eigenvalue weighted by Gasteiger charge is 2.50. The standard InChI is InChI=1S/C18H24O9/c1-17(24,6-5-10-3-4-11(19)14(7-10)26-2)27-15-12(20)8-18(25,16(22)23)9-13(15)21/h3-7,12-13,15,19-21,24-25H,8-9H2,1-2H3,(H,22,23)/b6-5+. The maximum atomic E-state index is 11.1. The van der Waals surface area contributed by atoms with Crippen molar-refractivity contribution >= 4 is 12.0 Å². The van der Waals surface area contributed by atoms with Crippen LogP contribution in [0.5, 0.6) is 11.5 Å². The predicted octanol–water partition coefficient (Wildman–Crippen LogP) is -0.161. The van der Waals surface area contributed by atoms with E-state index in [0.29, 0.717) is 5.56 Å². The Morgan fingerprint density at radius 2 is 1.89 bits per heavy atom. The lowest BCUT2D eigenvalue weighted by Gasteiger charge is -2.41. The second kappa shape index (κ2) is 7.83. The average molecular weight is 384 g/mol. The fourth-order valence-corrected chi connectivity index (χ4v) is 2.96. The highest BCUT2D eigenvalue weighted by molar-refractivity contribution is 5.77. The SMILES string of the molecule is COc1cc(/C=C/C(C)(O)OC2C(O)CC(O)(C(=O)O)CC2O)ccc1O. The number of carbonyl (C=O) groups is 1. The Bertz CT molecular complexity index is 701. The van der Waals surface area contributed by atoms with Gasteiger partial charge in [0.25, 0.3) is 0 Å². The number of carboxylic acid groups (broad SMARTS) is 1. The first-order valence-corrected chi connectivity index (χ1v) is 8.26. The summed E-state index contributed by atoms with van der Waals surface area (Å²) in [6.07, 6.45) is -2.63. The number of phenolic OH excluding ortho intramolecular Hbond substituents is 1. The van der Waals surface area contributed by atoms with Crippen molar-refractivity contribution in [3.8, 4) is 11.5 Å². The van der Waals surface area contributed by atoms with Gasteiger partial charge in [-0.15, -0.1) is 0 Å². The van der Waals surface area contributed by atoms with Crippen LogP contribution in [-0.4, -0.2) is 73.4 Å². The smallest absolute Gasteiger partial charge is 0.335 e. The van der Waals surface area contributed by atoms with E-state index in [9.17, 15) is 30.3 Å². The molecule has 0 saturated heterocycles. The number of hydrogen-bond donors (Lipinski definition) is 6. The van der Waals surface area contributed by atoms with E-state index in [2.05, 4.69) is 0 Å². The van der Waals surface area contributed by atoms with Crippen molar-refractivity contribution in [2.24, 2.45) is 0 Å². The molecule has 1 fully saturated rings. The summed E-state index contributed by atoms with van der Waals surface area (Å²) in [5.41, 5.74) is -1.68. The molecule has 3 unspecified atom stereocenters. The first-order valence-electron chi connectivity index (χ1n) is 8.26. The fraction of sp³-hybridized carbons (Fsp3) is 0.500. The van der Waals surface area contributed by atoms with Gasteiger partial charge in [0.2, 0.25) is 0 Å². The topological polar surface area (TPSA) is 157 Å². The van der Waals surface area contributed by atoms with Gasteiger partial charge in [0.1, 0.15) is 6.10 Å². The van der Waals surface area contributed by atoms with Gasteiger partial charge in [0.15, 0.2) is 22.9 Å². The summed E-state index contributed by atoms with van der Waals surface area (Å²) in [4.78, 5) is 11.1. The summed E-state index contributed by atoms with van der Waals surface area (Å²) in [5, 5.41) is 59.1. The Balaban J connectivity index is 2.10. The number of aromatic hydroxyl groups is 1. The van der Waals surface area contributed by atoms with Gasteiger partial charge >= 0.3 is 5.97 Å². The zero-order valence-corrected chi connectivity index (χ0v) is 14.9. The van der Waals surface area contributed by atoms with Crippen LogP contribution >= 0.6 is 0 Å². The van der Waals surface area contributed by atoms with Gasteiger partial charge in [-0.3, -0.25) is 0 Å². The van der Waals surface area contributed by atoms with Crippen LogP contribution in [0.25, 0.3) is 6.08 Å². The molecule has 150 valence electrons. The van der Waals surface area contributed by atoms with E-state index in [1.165, 1.54) is 38.3 Å².